The zero-order chi connectivity index (χ0) is 23.3. The van der Waals surface area contributed by atoms with Gasteiger partial charge in [-0.15, -0.1) is 10.3 Å². The Morgan fingerprint density at radius 1 is 1.10 bits per heavy atom. The van der Waals surface area contributed by atoms with Gasteiger partial charge in [0.25, 0.3) is 0 Å². The predicted molar refractivity (Wildman–Crippen MR) is 111 cm³/mol. The van der Waals surface area contributed by atoms with E-state index in [2.05, 4.69) is 10.6 Å². The number of amides is 2. The zero-order valence-corrected chi connectivity index (χ0v) is 19.1. The Balaban J connectivity index is 3.02. The molecule has 0 fully saturated rings. The van der Waals surface area contributed by atoms with E-state index in [1.807, 2.05) is 27.7 Å². The predicted octanol–water partition coefficient (Wildman–Crippen LogP) is 2.79. The van der Waals surface area contributed by atoms with E-state index in [1.165, 1.54) is 0 Å². The van der Waals surface area contributed by atoms with Crippen molar-refractivity contribution in [3.05, 3.63) is 11.6 Å². The van der Waals surface area contributed by atoms with Crippen molar-refractivity contribution in [2.45, 2.75) is 96.9 Å². The molecule has 0 bridgehead atoms. The van der Waals surface area contributed by atoms with Gasteiger partial charge in [-0.2, -0.15) is 0 Å². The first-order valence-corrected chi connectivity index (χ1v) is 10.5. The summed E-state index contributed by atoms with van der Waals surface area (Å²) >= 11 is 0. The second-order valence-corrected chi connectivity index (χ2v) is 8.65. The minimum Gasteiger partial charge on any atom is -0.480 e. The summed E-state index contributed by atoms with van der Waals surface area (Å²) in [6.07, 6.45) is 2.87. The molecule has 1 aliphatic rings. The molecule has 0 aliphatic carbocycles. The molecule has 0 spiro atoms. The molecular weight excluding hydrogens is 390 g/mol. The maximum atomic E-state index is 13.2. The number of rotatable bonds is 9. The Kier molecular flexibility index (Phi) is 8.45. The highest BCUT2D eigenvalue weighted by molar-refractivity contribution is 5.97. The number of carbonyl (C=O) groups is 3. The fourth-order valence-corrected chi connectivity index (χ4v) is 3.87. The van der Waals surface area contributed by atoms with Crippen LogP contribution in [0, 0.1) is 0 Å². The third kappa shape index (κ3) is 5.31. The highest BCUT2D eigenvalue weighted by Gasteiger charge is 2.55. The summed E-state index contributed by atoms with van der Waals surface area (Å²) < 4.78 is 5.08. The Labute approximate surface area is 178 Å². The average molecular weight is 427 g/mol. The summed E-state index contributed by atoms with van der Waals surface area (Å²) in [5.74, 6) is -1.80. The summed E-state index contributed by atoms with van der Waals surface area (Å²) in [4.78, 5) is 36.4. The van der Waals surface area contributed by atoms with Gasteiger partial charge < -0.3 is 20.5 Å². The number of hydrogen-bond acceptors (Lipinski definition) is 5. The van der Waals surface area contributed by atoms with Crippen molar-refractivity contribution in [1.29, 1.82) is 0 Å². The fourth-order valence-electron chi connectivity index (χ4n) is 3.87. The molecule has 0 saturated carbocycles. The molecule has 1 rings (SSSR count). The van der Waals surface area contributed by atoms with E-state index >= 15 is 0 Å². The van der Waals surface area contributed by atoms with E-state index in [9.17, 15) is 24.7 Å². The molecule has 1 radical (unpaired) electrons. The number of ether oxygens (including phenoxy) is 1. The zero-order valence-electron chi connectivity index (χ0n) is 19.1. The van der Waals surface area contributed by atoms with Gasteiger partial charge in [0.1, 0.15) is 11.6 Å². The van der Waals surface area contributed by atoms with Crippen LogP contribution < -0.4 is 10.6 Å². The Morgan fingerprint density at radius 2 is 1.63 bits per heavy atom. The van der Waals surface area contributed by atoms with Crippen molar-refractivity contribution >= 4 is 18.0 Å². The number of carboxylic acids is 1. The van der Waals surface area contributed by atoms with E-state index in [0.717, 1.165) is 5.06 Å². The molecule has 0 saturated heterocycles. The Bertz CT molecular complexity index is 675. The molecule has 30 heavy (non-hydrogen) atoms. The molecule has 0 unspecified atom stereocenters. The van der Waals surface area contributed by atoms with Crippen LogP contribution in [0.1, 0.15) is 74.1 Å². The topological polar surface area (TPSA) is 128 Å². The van der Waals surface area contributed by atoms with Gasteiger partial charge in [-0.3, -0.25) is 4.79 Å². The van der Waals surface area contributed by atoms with Crippen molar-refractivity contribution < 1.29 is 29.4 Å². The van der Waals surface area contributed by atoms with Crippen LogP contribution in [-0.2, 0) is 19.5 Å². The van der Waals surface area contributed by atoms with Gasteiger partial charge >= 0.3 is 12.1 Å². The lowest BCUT2D eigenvalue weighted by Gasteiger charge is -2.41. The first-order chi connectivity index (χ1) is 13.8. The third-order valence-corrected chi connectivity index (χ3v) is 5.80. The minimum atomic E-state index is -1.37. The first-order valence-electron chi connectivity index (χ1n) is 10.5. The van der Waals surface area contributed by atoms with Gasteiger partial charge in [-0.25, -0.2) is 9.59 Å². The van der Waals surface area contributed by atoms with Crippen LogP contribution in [0.5, 0.6) is 0 Å². The van der Waals surface area contributed by atoms with Gasteiger partial charge in [0.2, 0.25) is 5.91 Å². The normalized spacial score (nSPS) is 19.0. The van der Waals surface area contributed by atoms with Crippen LogP contribution in [0.25, 0.3) is 0 Å². The molecule has 0 aromatic heterocycles. The molecule has 1 heterocycles. The highest BCUT2D eigenvalue weighted by Crippen LogP contribution is 2.46. The van der Waals surface area contributed by atoms with Crippen LogP contribution in [-0.4, -0.2) is 57.4 Å². The molecule has 2 amide bonds. The van der Waals surface area contributed by atoms with Gasteiger partial charge in [0.15, 0.2) is 0 Å². The third-order valence-electron chi connectivity index (χ3n) is 5.80. The Morgan fingerprint density at radius 3 is 2.03 bits per heavy atom. The molecule has 0 aromatic carbocycles. The molecular formula is C21H36N3O6. The number of hydrogen-bond donors (Lipinski definition) is 3. The summed E-state index contributed by atoms with van der Waals surface area (Å²) in [5, 5.41) is 28.5. The maximum Gasteiger partial charge on any atom is 0.408 e. The highest BCUT2D eigenvalue weighted by atomic mass is 16.6. The molecule has 1 aliphatic heterocycles. The van der Waals surface area contributed by atoms with Crippen molar-refractivity contribution in [2.24, 2.45) is 0 Å². The average Bonchev–Trinajstić information content (AvgIpc) is 2.92. The lowest BCUT2D eigenvalue weighted by molar-refractivity contribution is -0.258. The standard InChI is InChI=1S/C21H36N3O6/c1-8-20(9-2)12-14(21(10-3,11-4)24(20)29)16(25)22-13-15(17(26)27)23-18(28)30-19(5,6)7/h12,15H,8-11,13H2,1-7H3,(H,22,25)(H,23,28)(H,26,27)/t15-/m0/s1. The van der Waals surface area contributed by atoms with Crippen LogP contribution in [0.4, 0.5) is 4.79 Å². The minimum absolute atomic E-state index is 0.335. The van der Waals surface area contributed by atoms with E-state index in [-0.39, 0.29) is 6.54 Å². The number of hydroxylamine groups is 2. The molecule has 1 atom stereocenters. The largest absolute Gasteiger partial charge is 0.480 e. The summed E-state index contributed by atoms with van der Waals surface area (Å²) in [5.41, 5.74) is -2.16. The van der Waals surface area contributed by atoms with Crippen LogP contribution in [0.2, 0.25) is 0 Å². The first kappa shape index (κ1) is 25.9. The molecule has 0 aromatic rings. The van der Waals surface area contributed by atoms with Gasteiger partial charge in [-0.1, -0.05) is 33.8 Å². The smallest absolute Gasteiger partial charge is 0.408 e. The molecule has 9 nitrogen and oxygen atoms in total. The van der Waals surface area contributed by atoms with Gasteiger partial charge in [0, 0.05) is 12.1 Å². The monoisotopic (exact) mass is 426 g/mol. The lowest BCUT2D eigenvalue weighted by atomic mass is 9.85. The van der Waals surface area contributed by atoms with Crippen LogP contribution in [0.15, 0.2) is 11.6 Å². The second kappa shape index (κ2) is 9.78. The van der Waals surface area contributed by atoms with Crippen molar-refractivity contribution in [3.63, 3.8) is 0 Å². The van der Waals surface area contributed by atoms with E-state index in [1.54, 1.807) is 26.8 Å². The van der Waals surface area contributed by atoms with Gasteiger partial charge in [0.05, 0.1) is 11.1 Å². The van der Waals surface area contributed by atoms with E-state index in [0.29, 0.717) is 31.3 Å². The quantitative estimate of drug-likeness (QED) is 0.520. The number of nitrogens with one attached hydrogen (secondary N) is 2. The summed E-state index contributed by atoms with van der Waals surface area (Å²) in [6, 6.07) is -1.37. The van der Waals surface area contributed by atoms with E-state index in [4.69, 9.17) is 4.74 Å². The van der Waals surface area contributed by atoms with Crippen LogP contribution >= 0.6 is 0 Å². The number of alkyl carbamates (subject to hydrolysis) is 1. The second-order valence-electron chi connectivity index (χ2n) is 8.65. The number of carboxylic acid groups (broad SMARTS) is 1. The van der Waals surface area contributed by atoms with Crippen LogP contribution in [0.3, 0.4) is 0 Å². The molecule has 3 N–H and O–H groups in total. The number of carbonyl (C=O) groups excluding carboxylic acids is 2. The SMILES string of the molecule is CCC1(CC)C=C(C(=O)NC[C@H](NC(=O)OC(C)(C)C)C(=O)O)C(CC)(CC)N1[O]. The lowest BCUT2D eigenvalue weighted by Crippen LogP contribution is -2.54. The van der Waals surface area contributed by atoms with Crippen molar-refractivity contribution in [2.75, 3.05) is 6.54 Å². The number of aliphatic carboxylic acids is 1. The molecule has 9 heteroatoms. The van der Waals surface area contributed by atoms with E-state index < -0.39 is 40.7 Å². The van der Waals surface area contributed by atoms with Crippen molar-refractivity contribution in [3.8, 4) is 0 Å². The maximum absolute atomic E-state index is 13.2. The summed E-state index contributed by atoms with van der Waals surface area (Å²) in [7, 11) is 0. The summed E-state index contributed by atoms with van der Waals surface area (Å²) in [6.45, 7) is 12.2. The Hall–Kier alpha value is -2.13. The number of nitrogens with zero attached hydrogens (tertiary/aromatic N) is 1. The van der Waals surface area contributed by atoms with Crippen molar-refractivity contribution in [1.82, 2.24) is 15.7 Å². The molecule has 171 valence electrons. The van der Waals surface area contributed by atoms with Gasteiger partial charge in [-0.05, 0) is 46.5 Å². The fraction of sp³-hybridized carbons (Fsp3) is 0.762.